The van der Waals surface area contributed by atoms with Gasteiger partial charge in [0.15, 0.2) is 5.78 Å². The Balaban J connectivity index is 2.24. The van der Waals surface area contributed by atoms with Crippen LogP contribution in [0.3, 0.4) is 0 Å². The van der Waals surface area contributed by atoms with Crippen molar-refractivity contribution in [3.8, 4) is 16.9 Å². The van der Waals surface area contributed by atoms with Crippen LogP contribution in [0.4, 0.5) is 0 Å². The Hall–Kier alpha value is -2.09. The number of hydrogen-bond donors (Lipinski definition) is 0. The number of fused-ring (bicyclic) bond motifs is 1. The van der Waals surface area contributed by atoms with Gasteiger partial charge >= 0.3 is 0 Å². The predicted molar refractivity (Wildman–Crippen MR) is 71.1 cm³/mol. The zero-order valence-corrected chi connectivity index (χ0v) is 10.3. The molecule has 90 valence electrons. The highest BCUT2D eigenvalue weighted by Gasteiger charge is 2.24. The first-order valence-corrected chi connectivity index (χ1v) is 6.09. The number of rotatable bonds is 2. The molecule has 0 amide bonds. The lowest BCUT2D eigenvalue weighted by molar-refractivity contribution is 0.0995. The maximum atomic E-state index is 12.0. The largest absolute Gasteiger partial charge is 0.496 e. The molecule has 0 aromatic heterocycles. The minimum atomic E-state index is 0.242. The van der Waals surface area contributed by atoms with E-state index in [1.165, 1.54) is 0 Å². The maximum Gasteiger partial charge on any atom is 0.164 e. The first-order valence-electron chi connectivity index (χ1n) is 6.09. The predicted octanol–water partition coefficient (Wildman–Crippen LogP) is 3.49. The van der Waals surface area contributed by atoms with E-state index < -0.39 is 0 Å². The third-order valence-corrected chi connectivity index (χ3v) is 3.45. The molecule has 0 N–H and O–H groups in total. The molecule has 0 heterocycles. The van der Waals surface area contributed by atoms with Crippen molar-refractivity contribution in [2.24, 2.45) is 0 Å². The van der Waals surface area contributed by atoms with Crippen molar-refractivity contribution in [3.63, 3.8) is 0 Å². The van der Waals surface area contributed by atoms with Crippen molar-refractivity contribution in [2.45, 2.75) is 12.8 Å². The highest BCUT2D eigenvalue weighted by molar-refractivity contribution is 6.06. The molecular weight excluding hydrogens is 224 g/mol. The number of Topliss-reactive ketones (excluding diaryl/α,β-unsaturated/α-hetero) is 1. The summed E-state index contributed by atoms with van der Waals surface area (Å²) in [7, 11) is 1.66. The first kappa shape index (κ1) is 11.0. The number of carbonyl (C=O) groups is 1. The normalized spacial score (nSPS) is 13.5. The Morgan fingerprint density at radius 1 is 0.944 bits per heavy atom. The quantitative estimate of drug-likeness (QED) is 0.800. The van der Waals surface area contributed by atoms with Crippen LogP contribution in [0.5, 0.6) is 5.75 Å². The molecule has 0 aliphatic heterocycles. The van der Waals surface area contributed by atoms with Crippen molar-refractivity contribution >= 4 is 5.78 Å². The summed E-state index contributed by atoms with van der Waals surface area (Å²) in [6.45, 7) is 0. The zero-order valence-electron chi connectivity index (χ0n) is 10.3. The lowest BCUT2D eigenvalue weighted by Gasteiger charge is -2.11. The minimum absolute atomic E-state index is 0.242. The van der Waals surface area contributed by atoms with E-state index in [0.717, 1.165) is 34.4 Å². The van der Waals surface area contributed by atoms with E-state index >= 15 is 0 Å². The summed E-state index contributed by atoms with van der Waals surface area (Å²) in [6.07, 6.45) is 1.48. The van der Waals surface area contributed by atoms with Crippen LogP contribution in [-0.4, -0.2) is 12.9 Å². The Bertz CT molecular complexity index is 614. The lowest BCUT2D eigenvalue weighted by atomic mass is 9.96. The second-order valence-electron chi connectivity index (χ2n) is 4.46. The summed E-state index contributed by atoms with van der Waals surface area (Å²) in [5, 5.41) is 0. The molecule has 0 atom stereocenters. The van der Waals surface area contributed by atoms with Crippen LogP contribution < -0.4 is 4.74 Å². The SMILES string of the molecule is COc1ccccc1-c1cccc2c1C(=O)CC2. The highest BCUT2D eigenvalue weighted by Crippen LogP contribution is 2.36. The van der Waals surface area contributed by atoms with E-state index in [0.29, 0.717) is 6.42 Å². The van der Waals surface area contributed by atoms with Gasteiger partial charge in [-0.1, -0.05) is 36.4 Å². The summed E-state index contributed by atoms with van der Waals surface area (Å²) in [5.41, 5.74) is 4.02. The molecular formula is C16H14O2. The average molecular weight is 238 g/mol. The molecule has 0 spiro atoms. The van der Waals surface area contributed by atoms with Gasteiger partial charge in [0, 0.05) is 17.5 Å². The summed E-state index contributed by atoms with van der Waals surface area (Å²) in [4.78, 5) is 12.0. The van der Waals surface area contributed by atoms with Crippen LogP contribution >= 0.6 is 0 Å². The molecule has 2 heteroatoms. The van der Waals surface area contributed by atoms with E-state index in [2.05, 4.69) is 0 Å². The minimum Gasteiger partial charge on any atom is -0.496 e. The smallest absolute Gasteiger partial charge is 0.164 e. The van der Waals surface area contributed by atoms with Gasteiger partial charge < -0.3 is 4.74 Å². The van der Waals surface area contributed by atoms with Gasteiger partial charge in [-0.2, -0.15) is 0 Å². The van der Waals surface area contributed by atoms with Crippen LogP contribution in [-0.2, 0) is 6.42 Å². The molecule has 0 bridgehead atoms. The van der Waals surface area contributed by atoms with Gasteiger partial charge in [-0.25, -0.2) is 0 Å². The van der Waals surface area contributed by atoms with Crippen molar-refractivity contribution < 1.29 is 9.53 Å². The van der Waals surface area contributed by atoms with Crippen LogP contribution in [0, 0.1) is 0 Å². The lowest BCUT2D eigenvalue weighted by Crippen LogP contribution is -1.97. The van der Waals surface area contributed by atoms with Crippen LogP contribution in [0.1, 0.15) is 22.3 Å². The third kappa shape index (κ3) is 1.61. The summed E-state index contributed by atoms with van der Waals surface area (Å²) < 4.78 is 5.38. The number of para-hydroxylation sites is 1. The fourth-order valence-electron chi connectivity index (χ4n) is 2.60. The molecule has 0 radical (unpaired) electrons. The molecule has 0 unspecified atom stereocenters. The highest BCUT2D eigenvalue weighted by atomic mass is 16.5. The zero-order chi connectivity index (χ0) is 12.5. The topological polar surface area (TPSA) is 26.3 Å². The number of benzene rings is 2. The summed E-state index contributed by atoms with van der Waals surface area (Å²) in [5.74, 6) is 1.05. The molecule has 3 rings (SSSR count). The van der Waals surface area contributed by atoms with Gasteiger partial charge in [-0.05, 0) is 23.6 Å². The number of hydrogen-bond acceptors (Lipinski definition) is 2. The molecule has 0 saturated heterocycles. The van der Waals surface area contributed by atoms with Gasteiger partial charge in [-0.15, -0.1) is 0 Å². The number of methoxy groups -OCH3 is 1. The molecule has 2 aromatic carbocycles. The van der Waals surface area contributed by atoms with E-state index in [9.17, 15) is 4.79 Å². The number of carbonyl (C=O) groups excluding carboxylic acids is 1. The summed E-state index contributed by atoms with van der Waals surface area (Å²) >= 11 is 0. The Morgan fingerprint density at radius 3 is 2.56 bits per heavy atom. The fourth-order valence-corrected chi connectivity index (χ4v) is 2.60. The maximum absolute atomic E-state index is 12.0. The third-order valence-electron chi connectivity index (χ3n) is 3.45. The second kappa shape index (κ2) is 4.30. The Labute approximate surface area is 106 Å². The van der Waals surface area contributed by atoms with Gasteiger partial charge in [0.1, 0.15) is 5.75 Å². The van der Waals surface area contributed by atoms with E-state index in [-0.39, 0.29) is 5.78 Å². The molecule has 0 fully saturated rings. The van der Waals surface area contributed by atoms with Crippen molar-refractivity contribution in [1.82, 2.24) is 0 Å². The Morgan fingerprint density at radius 2 is 1.72 bits per heavy atom. The van der Waals surface area contributed by atoms with Gasteiger partial charge in [0.25, 0.3) is 0 Å². The van der Waals surface area contributed by atoms with E-state index in [1.54, 1.807) is 7.11 Å². The fraction of sp³-hybridized carbons (Fsp3) is 0.188. The van der Waals surface area contributed by atoms with Crippen LogP contribution in [0.2, 0.25) is 0 Å². The van der Waals surface area contributed by atoms with E-state index in [1.807, 2.05) is 42.5 Å². The Kier molecular flexibility index (Phi) is 2.63. The molecule has 2 nitrogen and oxygen atoms in total. The molecule has 18 heavy (non-hydrogen) atoms. The van der Waals surface area contributed by atoms with Gasteiger partial charge in [-0.3, -0.25) is 4.79 Å². The van der Waals surface area contributed by atoms with Crippen LogP contribution in [0.25, 0.3) is 11.1 Å². The number of ketones is 1. The molecule has 0 saturated carbocycles. The first-order chi connectivity index (χ1) is 8.81. The monoisotopic (exact) mass is 238 g/mol. The van der Waals surface area contributed by atoms with Gasteiger partial charge in [0.2, 0.25) is 0 Å². The number of aryl methyl sites for hydroxylation is 1. The van der Waals surface area contributed by atoms with Crippen molar-refractivity contribution in [2.75, 3.05) is 7.11 Å². The van der Waals surface area contributed by atoms with Crippen LogP contribution in [0.15, 0.2) is 42.5 Å². The average Bonchev–Trinajstić information content (AvgIpc) is 2.81. The van der Waals surface area contributed by atoms with Crippen molar-refractivity contribution in [1.29, 1.82) is 0 Å². The molecule has 1 aliphatic rings. The van der Waals surface area contributed by atoms with Gasteiger partial charge in [0.05, 0.1) is 7.11 Å². The van der Waals surface area contributed by atoms with Crippen molar-refractivity contribution in [3.05, 3.63) is 53.6 Å². The number of ether oxygens (including phenoxy) is 1. The standard InChI is InChI=1S/C16H14O2/c1-18-15-8-3-2-6-12(15)13-7-4-5-11-9-10-14(17)16(11)13/h2-8H,9-10H2,1H3. The molecule has 2 aromatic rings. The summed E-state index contributed by atoms with van der Waals surface area (Å²) in [6, 6.07) is 13.9. The molecule has 1 aliphatic carbocycles. The second-order valence-corrected chi connectivity index (χ2v) is 4.46. The van der Waals surface area contributed by atoms with E-state index in [4.69, 9.17) is 4.74 Å².